The molecule has 7 nitrogen and oxygen atoms in total. The van der Waals surface area contributed by atoms with Gasteiger partial charge in [-0.25, -0.2) is 4.98 Å². The predicted molar refractivity (Wildman–Crippen MR) is 102 cm³/mol. The van der Waals surface area contributed by atoms with Gasteiger partial charge in [0.1, 0.15) is 11.3 Å². The smallest absolute Gasteiger partial charge is 0.269 e. The summed E-state index contributed by atoms with van der Waals surface area (Å²) < 4.78 is 6.15. The Morgan fingerprint density at radius 3 is 2.71 bits per heavy atom. The number of aryl methyl sites for hydroxylation is 2. The number of aromatic nitrogens is 2. The molecule has 0 aliphatic rings. The Hall–Kier alpha value is -1.87. The van der Waals surface area contributed by atoms with Gasteiger partial charge in [-0.05, 0) is 36.9 Å². The third kappa shape index (κ3) is 6.07. The molecule has 1 N–H and O–H groups in total. The van der Waals surface area contributed by atoms with E-state index in [1.807, 2.05) is 0 Å². The zero-order chi connectivity index (χ0) is 20.0. The summed E-state index contributed by atoms with van der Waals surface area (Å²) in [5.74, 6) is -0.741. The van der Waals surface area contributed by atoms with Crippen LogP contribution in [0.15, 0.2) is 29.1 Å². The summed E-state index contributed by atoms with van der Waals surface area (Å²) in [4.78, 5) is 41.0. The number of carbonyl (C=O) groups is 2. The summed E-state index contributed by atoms with van der Waals surface area (Å²) >= 11 is 0. The first-order chi connectivity index (χ1) is 12.8. The number of rotatable bonds is 7. The van der Waals surface area contributed by atoms with Crippen molar-refractivity contribution in [3.63, 3.8) is 0 Å². The molecule has 2 aromatic rings. The van der Waals surface area contributed by atoms with Crippen molar-refractivity contribution in [1.82, 2.24) is 14.9 Å². The van der Waals surface area contributed by atoms with Crippen molar-refractivity contribution in [2.75, 3.05) is 20.3 Å². The first-order valence-electron chi connectivity index (χ1n) is 8.41. The molecule has 0 saturated carbocycles. The SMILES string of the molecule is COCCNC(=O)c1cccc(/C=C/C(=O)c2c(C)c(C)[c-]n(C)c2=O)n1.[La]. The van der Waals surface area contributed by atoms with Crippen LogP contribution in [0.5, 0.6) is 0 Å². The van der Waals surface area contributed by atoms with Crippen molar-refractivity contribution < 1.29 is 49.9 Å². The summed E-state index contributed by atoms with van der Waals surface area (Å²) in [6.07, 6.45) is 5.65. The third-order valence-electron chi connectivity index (χ3n) is 4.04. The van der Waals surface area contributed by atoms with Gasteiger partial charge in [0.05, 0.1) is 12.3 Å². The van der Waals surface area contributed by atoms with E-state index in [4.69, 9.17) is 4.74 Å². The van der Waals surface area contributed by atoms with E-state index >= 15 is 0 Å². The third-order valence-corrected chi connectivity index (χ3v) is 4.04. The standard InChI is InChI=1S/C20H22N3O4.La/c1-13-12-23(3)20(26)18(14(13)2)17(24)9-8-15-6-5-7-16(22-15)19(25)21-10-11-27-4;/h5-9H,10-11H2,1-4H3,(H,21,25);/q-1;/b9-8+;. The zero-order valence-corrected chi connectivity index (χ0v) is 20.0. The fraction of sp³-hybridized carbons (Fsp3) is 0.300. The van der Waals surface area contributed by atoms with E-state index in [-0.39, 0.29) is 52.8 Å². The number of nitrogens with one attached hydrogen (secondary N) is 1. The molecule has 2 heterocycles. The molecule has 0 fully saturated rings. The predicted octanol–water partition coefficient (Wildman–Crippen LogP) is 1.47. The maximum atomic E-state index is 12.5. The number of methoxy groups -OCH3 is 1. The van der Waals surface area contributed by atoms with Crippen LogP contribution >= 0.6 is 0 Å². The number of pyridine rings is 2. The fourth-order valence-corrected chi connectivity index (χ4v) is 2.46. The van der Waals surface area contributed by atoms with Crippen molar-refractivity contribution in [2.45, 2.75) is 13.8 Å². The number of ketones is 1. The molecule has 145 valence electrons. The van der Waals surface area contributed by atoms with E-state index in [0.29, 0.717) is 24.4 Å². The molecule has 28 heavy (non-hydrogen) atoms. The van der Waals surface area contributed by atoms with Crippen LogP contribution in [-0.2, 0) is 11.8 Å². The van der Waals surface area contributed by atoms with Gasteiger partial charge < -0.3 is 19.4 Å². The van der Waals surface area contributed by atoms with Crippen molar-refractivity contribution in [3.8, 4) is 0 Å². The Bertz CT molecular complexity index is 951. The molecule has 1 radical (unpaired) electrons. The van der Waals surface area contributed by atoms with E-state index in [2.05, 4.69) is 16.5 Å². The van der Waals surface area contributed by atoms with Gasteiger partial charge in [0.2, 0.25) is 0 Å². The Kier molecular flexibility index (Phi) is 9.68. The van der Waals surface area contributed by atoms with E-state index in [1.165, 1.54) is 16.7 Å². The monoisotopic (exact) mass is 507 g/mol. The number of nitrogens with zero attached hydrogens (tertiary/aromatic N) is 2. The first-order valence-corrected chi connectivity index (χ1v) is 8.41. The van der Waals surface area contributed by atoms with Gasteiger partial charge in [0.25, 0.3) is 5.91 Å². The van der Waals surface area contributed by atoms with Gasteiger partial charge in [-0.3, -0.25) is 9.59 Å². The number of amides is 1. The number of allylic oxidation sites excluding steroid dienone is 1. The topological polar surface area (TPSA) is 90.3 Å². The van der Waals surface area contributed by atoms with Gasteiger partial charge in [-0.15, -0.1) is 11.1 Å². The van der Waals surface area contributed by atoms with Crippen LogP contribution in [-0.4, -0.2) is 41.5 Å². The Morgan fingerprint density at radius 2 is 2.04 bits per heavy atom. The molecule has 2 rings (SSSR count). The van der Waals surface area contributed by atoms with E-state index in [9.17, 15) is 14.4 Å². The van der Waals surface area contributed by atoms with Crippen molar-refractivity contribution >= 4 is 17.8 Å². The van der Waals surface area contributed by atoms with Crippen LogP contribution in [0, 0.1) is 55.6 Å². The second-order valence-corrected chi connectivity index (χ2v) is 5.99. The second kappa shape index (κ2) is 11.2. The van der Waals surface area contributed by atoms with Gasteiger partial charge in [-0.2, -0.15) is 0 Å². The van der Waals surface area contributed by atoms with Crippen molar-refractivity contribution in [3.05, 3.63) is 68.9 Å². The molecule has 0 spiro atoms. The Morgan fingerprint density at radius 1 is 1.32 bits per heavy atom. The van der Waals surface area contributed by atoms with Crippen molar-refractivity contribution in [2.24, 2.45) is 7.05 Å². The molecule has 2 aromatic heterocycles. The van der Waals surface area contributed by atoms with Crippen LogP contribution in [0.1, 0.15) is 37.7 Å². The maximum Gasteiger partial charge on any atom is 0.269 e. The second-order valence-electron chi connectivity index (χ2n) is 5.99. The molecular formula is C20H22LaN3O4-. The largest absolute Gasteiger partial charge is 0.426 e. The molecule has 0 saturated heterocycles. The molecule has 1 amide bonds. The Labute approximate surface area is 191 Å². The summed E-state index contributed by atoms with van der Waals surface area (Å²) in [7, 11) is 3.11. The summed E-state index contributed by atoms with van der Waals surface area (Å²) in [5, 5.41) is 2.68. The first kappa shape index (κ1) is 24.2. The van der Waals surface area contributed by atoms with E-state index in [0.717, 1.165) is 5.56 Å². The van der Waals surface area contributed by atoms with Gasteiger partial charge in [-0.1, -0.05) is 26.1 Å². The zero-order valence-electron chi connectivity index (χ0n) is 16.4. The van der Waals surface area contributed by atoms with Crippen LogP contribution in [0.25, 0.3) is 6.08 Å². The van der Waals surface area contributed by atoms with E-state index in [1.54, 1.807) is 46.2 Å². The molecule has 0 atom stereocenters. The average Bonchev–Trinajstić information content (AvgIpc) is 2.65. The number of hydrogen-bond donors (Lipinski definition) is 1. The number of carbonyl (C=O) groups excluding carboxylic acids is 2. The average molecular weight is 507 g/mol. The van der Waals surface area contributed by atoms with Gasteiger partial charge in [0, 0.05) is 49.3 Å². The molecule has 0 unspecified atom stereocenters. The molecular weight excluding hydrogens is 485 g/mol. The summed E-state index contributed by atoms with van der Waals surface area (Å²) in [6.45, 7) is 4.30. The van der Waals surface area contributed by atoms with Crippen LogP contribution < -0.4 is 10.9 Å². The fourth-order valence-electron chi connectivity index (χ4n) is 2.46. The van der Waals surface area contributed by atoms with Crippen LogP contribution in [0.3, 0.4) is 0 Å². The van der Waals surface area contributed by atoms with E-state index < -0.39 is 11.3 Å². The molecule has 0 bridgehead atoms. The number of ether oxygens (including phenoxy) is 1. The normalized spacial score (nSPS) is 10.6. The van der Waals surface area contributed by atoms with Gasteiger partial charge in [0.15, 0.2) is 5.78 Å². The molecule has 8 heteroatoms. The minimum absolute atomic E-state index is 0. The number of hydrogen-bond acceptors (Lipinski definition) is 5. The van der Waals surface area contributed by atoms with Gasteiger partial charge >= 0.3 is 0 Å². The van der Waals surface area contributed by atoms with Crippen LogP contribution in [0.2, 0.25) is 0 Å². The molecule has 0 aliphatic carbocycles. The minimum Gasteiger partial charge on any atom is -0.426 e. The van der Waals surface area contributed by atoms with Crippen LogP contribution in [0.4, 0.5) is 0 Å². The molecule has 0 aromatic carbocycles. The summed E-state index contributed by atoms with van der Waals surface area (Å²) in [6, 6.07) is 4.93. The quantitative estimate of drug-likeness (QED) is 0.266. The molecule has 0 aliphatic heterocycles. The minimum atomic E-state index is -0.415. The van der Waals surface area contributed by atoms with Crippen molar-refractivity contribution in [1.29, 1.82) is 0 Å². The summed E-state index contributed by atoms with van der Waals surface area (Å²) in [5.41, 5.74) is 1.73. The maximum absolute atomic E-state index is 12.5. The Balaban J connectivity index is 0.00000392.